The van der Waals surface area contributed by atoms with Gasteiger partial charge in [0, 0.05) is 19.6 Å². The number of hydrogen-bond acceptors (Lipinski definition) is 3. The highest BCUT2D eigenvalue weighted by Gasteiger charge is 2.33. The molecule has 30 heavy (non-hydrogen) atoms. The molecule has 1 heterocycles. The lowest BCUT2D eigenvalue weighted by molar-refractivity contribution is -0.126. The molecular formula is C23H23FN2O3S. The molecule has 4 rings (SSSR count). The van der Waals surface area contributed by atoms with Crippen molar-refractivity contribution in [2.45, 2.75) is 24.3 Å². The number of hydrogen-bond donors (Lipinski definition) is 1. The second-order valence-corrected chi connectivity index (χ2v) is 9.45. The van der Waals surface area contributed by atoms with E-state index in [1.54, 1.807) is 0 Å². The molecule has 0 unspecified atom stereocenters. The molecule has 7 heteroatoms. The van der Waals surface area contributed by atoms with Gasteiger partial charge in [0.15, 0.2) is 0 Å². The van der Waals surface area contributed by atoms with Crippen LogP contribution in [0.5, 0.6) is 0 Å². The first kappa shape index (κ1) is 20.5. The number of nitrogens with zero attached hydrogens (tertiary/aromatic N) is 1. The van der Waals surface area contributed by atoms with Gasteiger partial charge in [-0.1, -0.05) is 42.5 Å². The predicted octanol–water partition coefficient (Wildman–Crippen LogP) is 3.70. The van der Waals surface area contributed by atoms with Crippen molar-refractivity contribution in [1.29, 1.82) is 0 Å². The summed E-state index contributed by atoms with van der Waals surface area (Å²) in [6.07, 6.45) is 1.24. The third-order valence-electron chi connectivity index (χ3n) is 5.54. The average Bonchev–Trinajstić information content (AvgIpc) is 2.78. The van der Waals surface area contributed by atoms with E-state index in [2.05, 4.69) is 5.32 Å². The topological polar surface area (TPSA) is 66.5 Å². The molecule has 3 aromatic carbocycles. The highest BCUT2D eigenvalue weighted by atomic mass is 32.2. The first-order valence-corrected chi connectivity index (χ1v) is 11.4. The molecule has 1 aliphatic heterocycles. The zero-order valence-electron chi connectivity index (χ0n) is 16.4. The van der Waals surface area contributed by atoms with Gasteiger partial charge in [0.2, 0.25) is 15.9 Å². The highest BCUT2D eigenvalue weighted by molar-refractivity contribution is 7.89. The van der Waals surface area contributed by atoms with Gasteiger partial charge in [-0.2, -0.15) is 4.31 Å². The van der Waals surface area contributed by atoms with Crippen LogP contribution in [0, 0.1) is 11.7 Å². The Morgan fingerprint density at radius 1 is 1.03 bits per heavy atom. The van der Waals surface area contributed by atoms with Crippen molar-refractivity contribution in [3.05, 3.63) is 78.1 Å². The summed E-state index contributed by atoms with van der Waals surface area (Å²) in [6.45, 7) is 0.870. The quantitative estimate of drug-likeness (QED) is 0.677. The molecule has 5 nitrogen and oxygen atoms in total. The summed E-state index contributed by atoms with van der Waals surface area (Å²) in [6, 6.07) is 18.7. The van der Waals surface area contributed by atoms with E-state index < -0.39 is 21.8 Å². The third-order valence-corrected chi connectivity index (χ3v) is 7.42. The number of halogens is 1. The van der Waals surface area contributed by atoms with Crippen molar-refractivity contribution in [3.63, 3.8) is 0 Å². The second-order valence-electron chi connectivity index (χ2n) is 7.51. The molecule has 0 aliphatic carbocycles. The van der Waals surface area contributed by atoms with Crippen LogP contribution in [0.4, 0.5) is 4.39 Å². The van der Waals surface area contributed by atoms with E-state index >= 15 is 0 Å². The standard InChI is InChI=1S/C23H23FN2O3S/c24-20-10-12-21(13-11-20)30(28,29)26-14-4-8-19(16-26)23(27)25-15-18-7-3-6-17-5-1-2-9-22(17)18/h1-3,5-7,9-13,19H,4,8,14-16H2,(H,25,27)/t19-/m0/s1. The Bertz CT molecular complexity index is 1160. The molecule has 0 aromatic heterocycles. The molecule has 0 spiro atoms. The summed E-state index contributed by atoms with van der Waals surface area (Å²) in [7, 11) is -3.75. The normalized spacial score (nSPS) is 17.7. The Balaban J connectivity index is 1.44. The van der Waals surface area contributed by atoms with Crippen LogP contribution in [0.3, 0.4) is 0 Å². The number of benzene rings is 3. The molecule has 1 amide bonds. The van der Waals surface area contributed by atoms with E-state index in [9.17, 15) is 17.6 Å². The lowest BCUT2D eigenvalue weighted by Crippen LogP contribution is -2.45. The van der Waals surface area contributed by atoms with E-state index in [4.69, 9.17) is 0 Å². The zero-order chi connectivity index (χ0) is 21.1. The van der Waals surface area contributed by atoms with Crippen LogP contribution in [-0.2, 0) is 21.4 Å². The lowest BCUT2D eigenvalue weighted by Gasteiger charge is -2.31. The minimum absolute atomic E-state index is 0.0423. The Labute approximate surface area is 175 Å². The number of carbonyl (C=O) groups excluding carboxylic acids is 1. The largest absolute Gasteiger partial charge is 0.352 e. The summed E-state index contributed by atoms with van der Waals surface area (Å²) in [5, 5.41) is 5.17. The fourth-order valence-corrected chi connectivity index (χ4v) is 5.43. The molecule has 1 fully saturated rings. The number of amides is 1. The number of nitrogens with one attached hydrogen (secondary N) is 1. The first-order valence-electron chi connectivity index (χ1n) is 9.95. The van der Waals surface area contributed by atoms with Crippen molar-refractivity contribution < 1.29 is 17.6 Å². The number of carbonyl (C=O) groups is 1. The maximum Gasteiger partial charge on any atom is 0.243 e. The molecule has 1 atom stereocenters. The van der Waals surface area contributed by atoms with Gasteiger partial charge >= 0.3 is 0 Å². The fourth-order valence-electron chi connectivity index (χ4n) is 3.90. The van der Waals surface area contributed by atoms with Gasteiger partial charge < -0.3 is 5.32 Å². The Morgan fingerprint density at radius 3 is 2.57 bits per heavy atom. The Hall–Kier alpha value is -2.77. The molecule has 1 aliphatic rings. The number of sulfonamides is 1. The van der Waals surface area contributed by atoms with Crippen LogP contribution in [0.15, 0.2) is 71.6 Å². The van der Waals surface area contributed by atoms with Crippen LogP contribution in [-0.4, -0.2) is 31.7 Å². The summed E-state index contributed by atoms with van der Waals surface area (Å²) in [5.74, 6) is -1.05. The average molecular weight is 427 g/mol. The van der Waals surface area contributed by atoms with Gasteiger partial charge in [0.05, 0.1) is 10.8 Å². The Morgan fingerprint density at radius 2 is 1.77 bits per heavy atom. The van der Waals surface area contributed by atoms with Gasteiger partial charge in [-0.15, -0.1) is 0 Å². The summed E-state index contributed by atoms with van der Waals surface area (Å²) in [5.41, 5.74) is 1.02. The van der Waals surface area contributed by atoms with E-state index in [0.29, 0.717) is 25.9 Å². The van der Waals surface area contributed by atoms with Crippen LogP contribution in [0.2, 0.25) is 0 Å². The molecule has 156 valence electrons. The monoisotopic (exact) mass is 426 g/mol. The molecule has 1 N–H and O–H groups in total. The summed E-state index contributed by atoms with van der Waals surface area (Å²) < 4.78 is 40.2. The van der Waals surface area contributed by atoms with Gasteiger partial charge in [-0.05, 0) is 53.4 Å². The van der Waals surface area contributed by atoms with Crippen LogP contribution < -0.4 is 5.32 Å². The smallest absolute Gasteiger partial charge is 0.243 e. The first-order chi connectivity index (χ1) is 14.4. The summed E-state index contributed by atoms with van der Waals surface area (Å²) >= 11 is 0. The minimum atomic E-state index is -3.75. The maximum atomic E-state index is 13.1. The van der Waals surface area contributed by atoms with Gasteiger partial charge in [0.1, 0.15) is 5.82 Å². The molecule has 0 radical (unpaired) electrons. The van der Waals surface area contributed by atoms with E-state index in [0.717, 1.165) is 28.5 Å². The molecule has 1 saturated heterocycles. The fraction of sp³-hybridized carbons (Fsp3) is 0.261. The van der Waals surface area contributed by atoms with Gasteiger partial charge in [-0.25, -0.2) is 12.8 Å². The minimum Gasteiger partial charge on any atom is -0.352 e. The third kappa shape index (κ3) is 4.22. The van der Waals surface area contributed by atoms with Gasteiger partial charge in [-0.3, -0.25) is 4.79 Å². The van der Waals surface area contributed by atoms with Crippen LogP contribution in [0.1, 0.15) is 18.4 Å². The number of rotatable bonds is 5. The molecular weight excluding hydrogens is 403 g/mol. The zero-order valence-corrected chi connectivity index (χ0v) is 17.2. The highest BCUT2D eigenvalue weighted by Crippen LogP contribution is 2.24. The molecule has 0 bridgehead atoms. The van der Waals surface area contributed by atoms with Crippen LogP contribution >= 0.6 is 0 Å². The van der Waals surface area contributed by atoms with Crippen LogP contribution in [0.25, 0.3) is 10.8 Å². The second kappa shape index (κ2) is 8.53. The van der Waals surface area contributed by atoms with Crippen molar-refractivity contribution in [2.75, 3.05) is 13.1 Å². The van der Waals surface area contributed by atoms with E-state index in [-0.39, 0.29) is 17.3 Å². The van der Waals surface area contributed by atoms with E-state index in [1.165, 1.54) is 16.4 Å². The summed E-state index contributed by atoms with van der Waals surface area (Å²) in [4.78, 5) is 12.8. The van der Waals surface area contributed by atoms with Crippen molar-refractivity contribution in [3.8, 4) is 0 Å². The number of fused-ring (bicyclic) bond motifs is 1. The van der Waals surface area contributed by atoms with Crippen molar-refractivity contribution in [2.24, 2.45) is 5.92 Å². The predicted molar refractivity (Wildman–Crippen MR) is 114 cm³/mol. The molecule has 3 aromatic rings. The van der Waals surface area contributed by atoms with Crippen molar-refractivity contribution >= 4 is 26.7 Å². The lowest BCUT2D eigenvalue weighted by atomic mass is 9.98. The van der Waals surface area contributed by atoms with Crippen molar-refractivity contribution in [1.82, 2.24) is 9.62 Å². The van der Waals surface area contributed by atoms with Gasteiger partial charge in [0.25, 0.3) is 0 Å². The number of piperidine rings is 1. The Kier molecular flexibility index (Phi) is 5.83. The van der Waals surface area contributed by atoms with E-state index in [1.807, 2.05) is 42.5 Å². The maximum absolute atomic E-state index is 13.1. The SMILES string of the molecule is O=C(NCc1cccc2ccccc12)[C@H]1CCCN(S(=O)(=O)c2ccc(F)cc2)C1. The molecule has 0 saturated carbocycles.